The molecule has 0 spiro atoms. The maximum Gasteiger partial charge on any atom is 0.360 e. The van der Waals surface area contributed by atoms with Crippen LogP contribution in [0.1, 0.15) is 62.1 Å². The molecule has 19 heavy (non-hydrogen) atoms. The number of aromatic nitrogens is 3. The van der Waals surface area contributed by atoms with E-state index in [1.54, 1.807) is 11.6 Å². The Labute approximate surface area is 119 Å². The Kier molecular flexibility index (Phi) is 7.48. The van der Waals surface area contributed by atoms with Gasteiger partial charge in [-0.3, -0.25) is 0 Å². The van der Waals surface area contributed by atoms with Crippen molar-refractivity contribution in [3.05, 3.63) is 11.4 Å². The summed E-state index contributed by atoms with van der Waals surface area (Å²) in [6.45, 7) is 5.02. The topological polar surface area (TPSA) is 57.0 Å². The molecule has 0 radical (unpaired) electrons. The normalized spacial score (nSPS) is 10.7. The first kappa shape index (κ1) is 16.0. The van der Waals surface area contributed by atoms with E-state index < -0.39 is 5.97 Å². The van der Waals surface area contributed by atoms with Gasteiger partial charge in [0.25, 0.3) is 0 Å². The molecule has 1 rings (SSSR count). The highest BCUT2D eigenvalue weighted by molar-refractivity contribution is 6.17. The van der Waals surface area contributed by atoms with Crippen LogP contribution in [0.15, 0.2) is 0 Å². The van der Waals surface area contributed by atoms with E-state index in [2.05, 4.69) is 17.2 Å². The SMILES string of the molecule is CCCCCCCn1nnc(C(=O)OCC)c1CCl. The molecule has 5 nitrogen and oxygen atoms in total. The van der Waals surface area contributed by atoms with Crippen molar-refractivity contribution in [2.75, 3.05) is 6.61 Å². The predicted octanol–water partition coefficient (Wildman–Crippen LogP) is 3.16. The second-order valence-electron chi connectivity index (χ2n) is 4.38. The van der Waals surface area contributed by atoms with Gasteiger partial charge < -0.3 is 4.74 Å². The van der Waals surface area contributed by atoms with Gasteiger partial charge in [0, 0.05) is 6.54 Å². The summed E-state index contributed by atoms with van der Waals surface area (Å²) < 4.78 is 6.64. The molecule has 108 valence electrons. The largest absolute Gasteiger partial charge is 0.461 e. The Morgan fingerprint density at radius 2 is 2.00 bits per heavy atom. The molecule has 0 aromatic carbocycles. The molecule has 0 saturated heterocycles. The summed E-state index contributed by atoms with van der Waals surface area (Å²) in [7, 11) is 0. The van der Waals surface area contributed by atoms with Crippen LogP contribution >= 0.6 is 11.6 Å². The Bertz CT molecular complexity index is 393. The Hall–Kier alpha value is -1.10. The number of aryl methyl sites for hydroxylation is 1. The van der Waals surface area contributed by atoms with Crippen LogP contribution in [0, 0.1) is 0 Å². The molecule has 1 aromatic rings. The van der Waals surface area contributed by atoms with Crippen molar-refractivity contribution in [1.29, 1.82) is 0 Å². The number of ether oxygens (including phenoxy) is 1. The van der Waals surface area contributed by atoms with Gasteiger partial charge in [-0.1, -0.05) is 37.8 Å². The van der Waals surface area contributed by atoms with Gasteiger partial charge in [0.05, 0.1) is 18.2 Å². The number of halogens is 1. The molecule has 0 amide bonds. The van der Waals surface area contributed by atoms with Crippen molar-refractivity contribution in [2.24, 2.45) is 0 Å². The quantitative estimate of drug-likeness (QED) is 0.398. The molecule has 0 N–H and O–H groups in total. The van der Waals surface area contributed by atoms with Crippen LogP contribution in [0.3, 0.4) is 0 Å². The summed E-state index contributed by atoms with van der Waals surface area (Å²) in [6, 6.07) is 0. The number of carbonyl (C=O) groups is 1. The fraction of sp³-hybridized carbons (Fsp3) is 0.769. The van der Waals surface area contributed by atoms with Crippen LogP contribution < -0.4 is 0 Å². The van der Waals surface area contributed by atoms with Gasteiger partial charge in [0.2, 0.25) is 0 Å². The number of esters is 1. The maximum absolute atomic E-state index is 11.7. The molecule has 0 aliphatic rings. The standard InChI is InChI=1S/C13H22ClN3O2/c1-3-5-6-7-8-9-17-11(10-14)12(15-16-17)13(18)19-4-2/h3-10H2,1-2H3. The Morgan fingerprint density at radius 1 is 1.26 bits per heavy atom. The summed E-state index contributed by atoms with van der Waals surface area (Å²) in [5.74, 6) is -0.230. The predicted molar refractivity (Wildman–Crippen MR) is 74.3 cm³/mol. The van der Waals surface area contributed by atoms with Crippen LogP contribution in [-0.4, -0.2) is 27.6 Å². The number of hydrogen-bond acceptors (Lipinski definition) is 4. The Morgan fingerprint density at radius 3 is 2.63 bits per heavy atom. The van der Waals surface area contributed by atoms with E-state index in [-0.39, 0.29) is 11.6 Å². The first-order chi connectivity index (χ1) is 9.24. The van der Waals surface area contributed by atoms with Gasteiger partial charge in [-0.15, -0.1) is 16.7 Å². The second kappa shape index (κ2) is 8.91. The van der Waals surface area contributed by atoms with Crippen molar-refractivity contribution < 1.29 is 9.53 Å². The lowest BCUT2D eigenvalue weighted by atomic mass is 10.1. The van der Waals surface area contributed by atoms with Crippen molar-refractivity contribution >= 4 is 17.6 Å². The summed E-state index contributed by atoms with van der Waals surface area (Å²) in [4.78, 5) is 11.7. The van der Waals surface area contributed by atoms with Crippen molar-refractivity contribution in [3.8, 4) is 0 Å². The van der Waals surface area contributed by atoms with Gasteiger partial charge in [-0.25, -0.2) is 9.48 Å². The molecule has 0 unspecified atom stereocenters. The number of nitrogens with zero attached hydrogens (tertiary/aromatic N) is 3. The number of carbonyl (C=O) groups excluding carboxylic acids is 1. The smallest absolute Gasteiger partial charge is 0.360 e. The molecule has 0 aliphatic carbocycles. The van der Waals surface area contributed by atoms with Crippen molar-refractivity contribution in [3.63, 3.8) is 0 Å². The lowest BCUT2D eigenvalue weighted by Gasteiger charge is -2.05. The maximum atomic E-state index is 11.7. The molecule has 0 atom stereocenters. The molecule has 6 heteroatoms. The van der Waals surface area contributed by atoms with Crippen LogP contribution in [0.25, 0.3) is 0 Å². The zero-order chi connectivity index (χ0) is 14.1. The summed E-state index contributed by atoms with van der Waals surface area (Å²) in [5.41, 5.74) is 0.890. The van der Waals surface area contributed by atoms with Crippen LogP contribution in [0.2, 0.25) is 0 Å². The van der Waals surface area contributed by atoms with Gasteiger partial charge >= 0.3 is 5.97 Å². The van der Waals surface area contributed by atoms with Crippen molar-refractivity contribution in [1.82, 2.24) is 15.0 Å². The van der Waals surface area contributed by atoms with E-state index in [9.17, 15) is 4.79 Å². The zero-order valence-electron chi connectivity index (χ0n) is 11.7. The van der Waals surface area contributed by atoms with Crippen LogP contribution in [0.4, 0.5) is 0 Å². The molecule has 1 heterocycles. The minimum absolute atomic E-state index is 0.218. The minimum Gasteiger partial charge on any atom is -0.461 e. The van der Waals surface area contributed by atoms with Crippen molar-refractivity contribution in [2.45, 2.75) is 58.4 Å². The summed E-state index contributed by atoms with van der Waals surface area (Å²) >= 11 is 5.88. The van der Waals surface area contributed by atoms with Gasteiger partial charge in [0.15, 0.2) is 5.69 Å². The summed E-state index contributed by atoms with van der Waals surface area (Å²) in [5, 5.41) is 7.86. The van der Waals surface area contributed by atoms with E-state index in [1.165, 1.54) is 19.3 Å². The average molecular weight is 288 g/mol. The highest BCUT2D eigenvalue weighted by Crippen LogP contribution is 2.12. The fourth-order valence-corrected chi connectivity index (χ4v) is 2.13. The molecular weight excluding hydrogens is 266 g/mol. The summed E-state index contributed by atoms with van der Waals surface area (Å²) in [6.07, 6.45) is 5.89. The number of alkyl halides is 1. The van der Waals surface area contributed by atoms with Gasteiger partial charge in [-0.05, 0) is 13.3 Å². The highest BCUT2D eigenvalue weighted by atomic mass is 35.5. The molecule has 0 aliphatic heterocycles. The molecule has 0 saturated carbocycles. The number of hydrogen-bond donors (Lipinski definition) is 0. The number of rotatable bonds is 9. The molecule has 0 fully saturated rings. The molecule has 0 bridgehead atoms. The zero-order valence-corrected chi connectivity index (χ0v) is 12.4. The highest BCUT2D eigenvalue weighted by Gasteiger charge is 2.19. The first-order valence-corrected chi connectivity index (χ1v) is 7.43. The van der Waals surface area contributed by atoms with E-state index in [1.807, 2.05) is 0 Å². The van der Waals surface area contributed by atoms with Gasteiger partial charge in [-0.2, -0.15) is 0 Å². The van der Waals surface area contributed by atoms with Crippen LogP contribution in [0.5, 0.6) is 0 Å². The first-order valence-electron chi connectivity index (χ1n) is 6.90. The lowest BCUT2D eigenvalue weighted by Crippen LogP contribution is -2.10. The van der Waals surface area contributed by atoms with E-state index in [0.29, 0.717) is 12.3 Å². The lowest BCUT2D eigenvalue weighted by molar-refractivity contribution is 0.0518. The monoisotopic (exact) mass is 287 g/mol. The van der Waals surface area contributed by atoms with E-state index in [0.717, 1.165) is 19.4 Å². The van der Waals surface area contributed by atoms with E-state index in [4.69, 9.17) is 16.3 Å². The van der Waals surface area contributed by atoms with E-state index >= 15 is 0 Å². The van der Waals surface area contributed by atoms with Gasteiger partial charge in [0.1, 0.15) is 0 Å². The van der Waals surface area contributed by atoms with Crippen LogP contribution in [-0.2, 0) is 17.2 Å². The number of unbranched alkanes of at least 4 members (excludes halogenated alkanes) is 4. The average Bonchev–Trinajstić information content (AvgIpc) is 2.81. The fourth-order valence-electron chi connectivity index (χ4n) is 1.87. The minimum atomic E-state index is -0.449. The third-order valence-electron chi connectivity index (χ3n) is 2.91. The third-order valence-corrected chi connectivity index (χ3v) is 3.16. The molecular formula is C13H22ClN3O2. The molecule has 1 aromatic heterocycles. The third kappa shape index (κ3) is 4.82. The Balaban J connectivity index is 2.56. The second-order valence-corrected chi connectivity index (χ2v) is 4.64.